The number of likely N-dealkylation sites (N-methyl/N-ethyl adjacent to an activating group) is 1. The number of ether oxygens (including phenoxy) is 2. The number of anilines is 1. The van der Waals surface area contributed by atoms with Gasteiger partial charge in [-0.1, -0.05) is 18.2 Å². The molecule has 1 aliphatic rings. The molecule has 6 nitrogen and oxygen atoms in total. The summed E-state index contributed by atoms with van der Waals surface area (Å²) in [6.45, 7) is 2.46. The normalized spacial score (nSPS) is 13.1. The number of pyridine rings is 1. The molecule has 1 N–H and O–H groups in total. The van der Waals surface area contributed by atoms with Crippen LogP contribution in [0.15, 0.2) is 53.9 Å². The molecule has 1 amide bonds. The molecular formula is C22H25N3O3. The van der Waals surface area contributed by atoms with Crippen LogP contribution in [-0.4, -0.2) is 43.5 Å². The summed E-state index contributed by atoms with van der Waals surface area (Å²) in [5.41, 5.74) is 3.10. The van der Waals surface area contributed by atoms with Gasteiger partial charge in [-0.25, -0.2) is 4.98 Å². The van der Waals surface area contributed by atoms with Crippen LogP contribution < -0.4 is 14.8 Å². The summed E-state index contributed by atoms with van der Waals surface area (Å²) >= 11 is 0. The largest absolute Gasteiger partial charge is 0.493 e. The lowest BCUT2D eigenvalue weighted by molar-refractivity contribution is -0.124. The number of carbonyl (C=O) groups excluding carboxylic acids is 1. The lowest BCUT2D eigenvalue weighted by Crippen LogP contribution is -2.30. The Hall–Kier alpha value is -3.28. The Morgan fingerprint density at radius 3 is 2.93 bits per heavy atom. The summed E-state index contributed by atoms with van der Waals surface area (Å²) in [6.07, 6.45) is 5.78. The molecule has 2 heterocycles. The quantitative estimate of drug-likeness (QED) is 0.778. The number of allylic oxidation sites excluding steroid dienone is 1. The van der Waals surface area contributed by atoms with Gasteiger partial charge in [-0.15, -0.1) is 0 Å². The minimum atomic E-state index is -0.112. The standard InChI is InChI=1S/C22H25N3O3/c1-15-11-17-7-5-6-8-18(17)28-20(15)14-25(3)21(26)10-9-16-12-19(27-4)22(23-2)24-13-16/h5-10,12-13H,11,14H2,1-4H3,(H,23,24)/b10-9+. The van der Waals surface area contributed by atoms with E-state index in [0.29, 0.717) is 18.1 Å². The Morgan fingerprint density at radius 1 is 1.39 bits per heavy atom. The maximum Gasteiger partial charge on any atom is 0.246 e. The van der Waals surface area contributed by atoms with E-state index in [-0.39, 0.29) is 5.91 Å². The van der Waals surface area contributed by atoms with Gasteiger partial charge in [0, 0.05) is 32.8 Å². The van der Waals surface area contributed by atoms with Gasteiger partial charge in [0.1, 0.15) is 11.5 Å². The lowest BCUT2D eigenvalue weighted by atomic mass is 10.0. The molecule has 1 aromatic carbocycles. The number of nitrogens with zero attached hydrogens (tertiary/aromatic N) is 2. The molecule has 0 spiro atoms. The molecule has 3 rings (SSSR count). The number of carbonyl (C=O) groups is 1. The molecule has 2 aromatic rings. The first-order chi connectivity index (χ1) is 13.5. The second-order valence-electron chi connectivity index (χ2n) is 6.69. The monoisotopic (exact) mass is 379 g/mol. The van der Waals surface area contributed by atoms with Crippen LogP contribution in [0.5, 0.6) is 11.5 Å². The number of methoxy groups -OCH3 is 1. The molecule has 1 aromatic heterocycles. The molecule has 0 saturated heterocycles. The van der Waals surface area contributed by atoms with Gasteiger partial charge in [0.05, 0.1) is 13.7 Å². The van der Waals surface area contributed by atoms with E-state index in [0.717, 1.165) is 29.1 Å². The highest BCUT2D eigenvalue weighted by Gasteiger charge is 2.19. The van der Waals surface area contributed by atoms with E-state index in [1.807, 2.05) is 31.2 Å². The van der Waals surface area contributed by atoms with Crippen molar-refractivity contribution >= 4 is 17.8 Å². The fourth-order valence-electron chi connectivity index (χ4n) is 3.00. The first-order valence-corrected chi connectivity index (χ1v) is 9.11. The smallest absolute Gasteiger partial charge is 0.246 e. The molecule has 1 aliphatic heterocycles. The fraction of sp³-hybridized carbons (Fsp3) is 0.273. The van der Waals surface area contributed by atoms with E-state index in [4.69, 9.17) is 9.47 Å². The van der Waals surface area contributed by atoms with Crippen LogP contribution in [0.25, 0.3) is 6.08 Å². The van der Waals surface area contributed by atoms with E-state index in [1.165, 1.54) is 11.6 Å². The van der Waals surface area contributed by atoms with Gasteiger partial charge < -0.3 is 19.7 Å². The second-order valence-corrected chi connectivity index (χ2v) is 6.69. The third-order valence-electron chi connectivity index (χ3n) is 4.64. The van der Waals surface area contributed by atoms with Gasteiger partial charge in [0.2, 0.25) is 5.91 Å². The Balaban J connectivity index is 1.66. The minimum absolute atomic E-state index is 0.112. The predicted molar refractivity (Wildman–Crippen MR) is 110 cm³/mol. The number of benzene rings is 1. The topological polar surface area (TPSA) is 63.7 Å². The first kappa shape index (κ1) is 19.5. The van der Waals surface area contributed by atoms with Crippen LogP contribution in [0, 0.1) is 0 Å². The Morgan fingerprint density at radius 2 is 2.18 bits per heavy atom. The summed E-state index contributed by atoms with van der Waals surface area (Å²) in [5, 5.41) is 2.96. The van der Waals surface area contributed by atoms with Crippen molar-refractivity contribution in [2.45, 2.75) is 13.3 Å². The first-order valence-electron chi connectivity index (χ1n) is 9.11. The van der Waals surface area contributed by atoms with Gasteiger partial charge in [-0.3, -0.25) is 4.79 Å². The van der Waals surface area contributed by atoms with Gasteiger partial charge in [-0.2, -0.15) is 0 Å². The van der Waals surface area contributed by atoms with Crippen molar-refractivity contribution in [1.29, 1.82) is 0 Å². The fourth-order valence-corrected chi connectivity index (χ4v) is 3.00. The number of para-hydroxylation sites is 1. The second kappa shape index (κ2) is 8.61. The highest BCUT2D eigenvalue weighted by molar-refractivity contribution is 5.91. The van der Waals surface area contributed by atoms with E-state index < -0.39 is 0 Å². The number of amides is 1. The molecule has 0 atom stereocenters. The predicted octanol–water partition coefficient (Wildman–Crippen LogP) is 3.51. The molecule has 0 saturated carbocycles. The number of aromatic nitrogens is 1. The van der Waals surface area contributed by atoms with Crippen LogP contribution in [-0.2, 0) is 11.2 Å². The third kappa shape index (κ3) is 4.34. The maximum atomic E-state index is 12.5. The zero-order chi connectivity index (χ0) is 20.1. The van der Waals surface area contributed by atoms with Crippen LogP contribution in [0.4, 0.5) is 5.82 Å². The Labute approximate surface area is 165 Å². The van der Waals surface area contributed by atoms with Crippen LogP contribution in [0.2, 0.25) is 0 Å². The summed E-state index contributed by atoms with van der Waals surface area (Å²) < 4.78 is 11.3. The molecule has 0 radical (unpaired) electrons. The summed E-state index contributed by atoms with van der Waals surface area (Å²) in [6, 6.07) is 9.81. The lowest BCUT2D eigenvalue weighted by Gasteiger charge is -2.25. The van der Waals surface area contributed by atoms with E-state index >= 15 is 0 Å². The van der Waals surface area contributed by atoms with Crippen molar-refractivity contribution in [2.75, 3.05) is 33.1 Å². The van der Waals surface area contributed by atoms with Gasteiger partial charge >= 0.3 is 0 Å². The van der Waals surface area contributed by atoms with Crippen LogP contribution >= 0.6 is 0 Å². The maximum absolute atomic E-state index is 12.5. The number of hydrogen-bond donors (Lipinski definition) is 1. The third-order valence-corrected chi connectivity index (χ3v) is 4.64. The molecule has 0 aliphatic carbocycles. The van der Waals surface area contributed by atoms with Gasteiger partial charge in [-0.05, 0) is 41.8 Å². The Kier molecular flexibility index (Phi) is 5.99. The van der Waals surface area contributed by atoms with Gasteiger partial charge in [0.15, 0.2) is 11.6 Å². The zero-order valence-electron chi connectivity index (χ0n) is 16.7. The summed E-state index contributed by atoms with van der Waals surface area (Å²) in [4.78, 5) is 18.4. The van der Waals surface area contributed by atoms with E-state index in [2.05, 4.69) is 16.4 Å². The minimum Gasteiger partial charge on any atom is -0.493 e. The molecular weight excluding hydrogens is 354 g/mol. The molecule has 146 valence electrons. The highest BCUT2D eigenvalue weighted by atomic mass is 16.5. The van der Waals surface area contributed by atoms with Crippen molar-refractivity contribution in [2.24, 2.45) is 0 Å². The highest BCUT2D eigenvalue weighted by Crippen LogP contribution is 2.30. The van der Waals surface area contributed by atoms with Crippen molar-refractivity contribution < 1.29 is 14.3 Å². The summed E-state index contributed by atoms with van der Waals surface area (Å²) in [5.74, 6) is 2.85. The van der Waals surface area contributed by atoms with Crippen molar-refractivity contribution in [1.82, 2.24) is 9.88 Å². The summed E-state index contributed by atoms with van der Waals surface area (Å²) in [7, 11) is 5.13. The van der Waals surface area contributed by atoms with Crippen molar-refractivity contribution in [3.8, 4) is 11.5 Å². The number of nitrogens with one attached hydrogen (secondary N) is 1. The molecule has 28 heavy (non-hydrogen) atoms. The molecule has 0 fully saturated rings. The Bertz CT molecular complexity index is 934. The average molecular weight is 379 g/mol. The van der Waals surface area contributed by atoms with Gasteiger partial charge in [0.25, 0.3) is 0 Å². The molecule has 6 heteroatoms. The number of rotatable bonds is 6. The van der Waals surface area contributed by atoms with E-state index in [9.17, 15) is 4.79 Å². The zero-order valence-corrected chi connectivity index (χ0v) is 16.7. The van der Waals surface area contributed by atoms with E-state index in [1.54, 1.807) is 38.4 Å². The van der Waals surface area contributed by atoms with Crippen LogP contribution in [0.1, 0.15) is 18.1 Å². The van der Waals surface area contributed by atoms with Crippen molar-refractivity contribution in [3.63, 3.8) is 0 Å². The molecule has 0 unspecified atom stereocenters. The van der Waals surface area contributed by atoms with Crippen LogP contribution in [0.3, 0.4) is 0 Å². The SMILES string of the molecule is CNc1ncc(/C=C/C(=O)N(C)CC2=C(C)Cc3ccccc3O2)cc1OC. The number of fused-ring (bicyclic) bond motifs is 1. The van der Waals surface area contributed by atoms with Crippen molar-refractivity contribution in [3.05, 3.63) is 65.1 Å². The number of hydrogen-bond acceptors (Lipinski definition) is 5. The average Bonchev–Trinajstić information content (AvgIpc) is 2.72. The molecule has 0 bridgehead atoms.